The van der Waals surface area contributed by atoms with Crippen LogP contribution < -0.4 is 11.1 Å². The summed E-state index contributed by atoms with van der Waals surface area (Å²) in [5, 5.41) is 6.01. The van der Waals surface area contributed by atoms with Gasteiger partial charge in [-0.15, -0.1) is 11.3 Å². The van der Waals surface area contributed by atoms with E-state index in [4.69, 9.17) is 5.73 Å². The van der Waals surface area contributed by atoms with Gasteiger partial charge in [0.15, 0.2) is 0 Å². The molecule has 0 atom stereocenters. The molecule has 72 valence electrons. The zero-order valence-corrected chi connectivity index (χ0v) is 8.14. The number of thiophene rings is 1. The molecule has 0 aliphatic rings. The van der Waals surface area contributed by atoms with Gasteiger partial charge in [-0.25, -0.2) is 4.39 Å². The molecule has 0 fully saturated rings. The first-order chi connectivity index (χ1) is 6.75. The number of hydrogen-bond acceptors (Lipinski definition) is 3. The van der Waals surface area contributed by atoms with Crippen molar-refractivity contribution in [3.8, 4) is 0 Å². The number of hydrogen-bond donors (Lipinski definition) is 2. The van der Waals surface area contributed by atoms with Crippen LogP contribution in [0.15, 0.2) is 35.7 Å². The van der Waals surface area contributed by atoms with E-state index < -0.39 is 5.82 Å². The fourth-order valence-corrected chi connectivity index (χ4v) is 1.73. The highest BCUT2D eigenvalue weighted by molar-refractivity contribution is 7.14. The van der Waals surface area contributed by atoms with Crippen LogP contribution in [0.4, 0.5) is 20.8 Å². The van der Waals surface area contributed by atoms with E-state index >= 15 is 0 Å². The van der Waals surface area contributed by atoms with Crippen LogP contribution in [0.1, 0.15) is 0 Å². The van der Waals surface area contributed by atoms with Crippen molar-refractivity contribution in [2.75, 3.05) is 11.1 Å². The maximum atomic E-state index is 13.0. The molecule has 1 aromatic carbocycles. The van der Waals surface area contributed by atoms with Gasteiger partial charge in [0.25, 0.3) is 0 Å². The lowest BCUT2D eigenvalue weighted by atomic mass is 10.3. The Bertz CT molecular complexity index is 426. The van der Waals surface area contributed by atoms with Gasteiger partial charge in [-0.05, 0) is 35.7 Å². The van der Waals surface area contributed by atoms with Crippen LogP contribution in [0.3, 0.4) is 0 Å². The van der Waals surface area contributed by atoms with Crippen LogP contribution >= 0.6 is 11.3 Å². The molecule has 0 unspecified atom stereocenters. The average Bonchev–Trinajstić information content (AvgIpc) is 2.64. The molecule has 3 N–H and O–H groups in total. The largest absolute Gasteiger partial charge is 0.396 e. The summed E-state index contributed by atoms with van der Waals surface area (Å²) >= 11 is 1.56. The summed E-state index contributed by atoms with van der Waals surface area (Å²) in [5.41, 5.74) is 6.24. The number of nitrogens with two attached hydrogens (primary N) is 1. The highest BCUT2D eigenvalue weighted by Crippen LogP contribution is 2.23. The number of halogens is 1. The van der Waals surface area contributed by atoms with E-state index in [-0.39, 0.29) is 5.69 Å². The molecule has 0 saturated carbocycles. The molecule has 0 aliphatic heterocycles. The maximum absolute atomic E-state index is 13.0. The molecule has 0 radical (unpaired) electrons. The van der Waals surface area contributed by atoms with Crippen LogP contribution in [-0.2, 0) is 0 Å². The molecule has 14 heavy (non-hydrogen) atoms. The summed E-state index contributed by atoms with van der Waals surface area (Å²) < 4.78 is 13.0. The van der Waals surface area contributed by atoms with Crippen molar-refractivity contribution >= 4 is 27.7 Å². The average molecular weight is 208 g/mol. The van der Waals surface area contributed by atoms with Gasteiger partial charge in [0.2, 0.25) is 0 Å². The maximum Gasteiger partial charge on any atom is 0.148 e. The fraction of sp³-hybridized carbons (Fsp3) is 0. The third-order valence-electron chi connectivity index (χ3n) is 1.79. The summed E-state index contributed by atoms with van der Waals surface area (Å²) in [6, 6.07) is 8.54. The molecule has 0 amide bonds. The van der Waals surface area contributed by atoms with Crippen molar-refractivity contribution in [3.63, 3.8) is 0 Å². The van der Waals surface area contributed by atoms with Gasteiger partial charge in [0, 0.05) is 5.69 Å². The second kappa shape index (κ2) is 3.67. The molecular formula is C10H9FN2S. The van der Waals surface area contributed by atoms with Crippen molar-refractivity contribution in [1.29, 1.82) is 0 Å². The Labute approximate surface area is 85.2 Å². The number of benzene rings is 1. The van der Waals surface area contributed by atoms with Crippen LogP contribution in [0.2, 0.25) is 0 Å². The highest BCUT2D eigenvalue weighted by atomic mass is 32.1. The quantitative estimate of drug-likeness (QED) is 0.744. The lowest BCUT2D eigenvalue weighted by molar-refractivity contribution is 0.633. The van der Waals surface area contributed by atoms with E-state index in [1.165, 1.54) is 6.07 Å². The van der Waals surface area contributed by atoms with Gasteiger partial charge in [0.1, 0.15) is 5.82 Å². The van der Waals surface area contributed by atoms with Crippen LogP contribution in [0.25, 0.3) is 0 Å². The summed E-state index contributed by atoms with van der Waals surface area (Å²) in [4.78, 5) is 0. The van der Waals surface area contributed by atoms with E-state index in [0.717, 1.165) is 5.00 Å². The topological polar surface area (TPSA) is 38.0 Å². The molecule has 2 nitrogen and oxygen atoms in total. The molecule has 0 aliphatic carbocycles. The zero-order valence-electron chi connectivity index (χ0n) is 7.33. The minimum atomic E-state index is -0.397. The van der Waals surface area contributed by atoms with Gasteiger partial charge >= 0.3 is 0 Å². The van der Waals surface area contributed by atoms with E-state index in [0.29, 0.717) is 5.69 Å². The Morgan fingerprint density at radius 1 is 1.29 bits per heavy atom. The molecule has 2 rings (SSSR count). The Morgan fingerprint density at radius 3 is 2.79 bits per heavy atom. The Kier molecular flexibility index (Phi) is 2.37. The molecule has 2 aromatic rings. The first kappa shape index (κ1) is 9.02. The SMILES string of the molecule is Nc1ccc(Nc2cccs2)cc1F. The number of anilines is 3. The second-order valence-corrected chi connectivity index (χ2v) is 3.79. The molecular weight excluding hydrogens is 199 g/mol. The van der Waals surface area contributed by atoms with E-state index in [1.807, 2.05) is 17.5 Å². The lowest BCUT2D eigenvalue weighted by Crippen LogP contribution is -1.93. The summed E-state index contributed by atoms with van der Waals surface area (Å²) in [6.45, 7) is 0. The van der Waals surface area contributed by atoms with Crippen LogP contribution in [0, 0.1) is 5.82 Å². The van der Waals surface area contributed by atoms with Crippen molar-refractivity contribution in [2.24, 2.45) is 0 Å². The number of nitrogen functional groups attached to an aromatic ring is 1. The molecule has 1 aromatic heterocycles. The Morgan fingerprint density at radius 2 is 2.14 bits per heavy atom. The summed E-state index contributed by atoms with van der Waals surface area (Å²) in [5.74, 6) is -0.397. The summed E-state index contributed by atoms with van der Waals surface area (Å²) in [6.07, 6.45) is 0. The monoisotopic (exact) mass is 208 g/mol. The van der Waals surface area contributed by atoms with Gasteiger partial charge in [-0.3, -0.25) is 0 Å². The smallest absolute Gasteiger partial charge is 0.148 e. The van der Waals surface area contributed by atoms with E-state index in [2.05, 4.69) is 5.32 Å². The normalized spacial score (nSPS) is 10.1. The number of nitrogens with one attached hydrogen (secondary N) is 1. The minimum absolute atomic E-state index is 0.168. The van der Waals surface area contributed by atoms with Crippen LogP contribution in [-0.4, -0.2) is 0 Å². The zero-order chi connectivity index (χ0) is 9.97. The third kappa shape index (κ3) is 1.85. The van der Waals surface area contributed by atoms with Crippen molar-refractivity contribution < 1.29 is 4.39 Å². The predicted octanol–water partition coefficient (Wildman–Crippen LogP) is 3.21. The Hall–Kier alpha value is -1.55. The van der Waals surface area contributed by atoms with E-state index in [1.54, 1.807) is 23.5 Å². The molecule has 0 spiro atoms. The van der Waals surface area contributed by atoms with Crippen LogP contribution in [0.5, 0.6) is 0 Å². The molecule has 0 bridgehead atoms. The van der Waals surface area contributed by atoms with Crippen molar-refractivity contribution in [3.05, 3.63) is 41.5 Å². The molecule has 4 heteroatoms. The first-order valence-electron chi connectivity index (χ1n) is 4.11. The third-order valence-corrected chi connectivity index (χ3v) is 2.57. The Balaban J connectivity index is 2.22. The van der Waals surface area contributed by atoms with Crippen molar-refractivity contribution in [2.45, 2.75) is 0 Å². The fourth-order valence-electron chi connectivity index (χ4n) is 1.10. The van der Waals surface area contributed by atoms with Gasteiger partial charge < -0.3 is 11.1 Å². The second-order valence-electron chi connectivity index (χ2n) is 2.84. The standard InChI is InChI=1S/C10H9FN2S/c11-8-6-7(3-4-9(8)12)13-10-2-1-5-14-10/h1-6,13H,12H2. The van der Waals surface area contributed by atoms with Crippen molar-refractivity contribution in [1.82, 2.24) is 0 Å². The predicted molar refractivity (Wildman–Crippen MR) is 58.4 cm³/mol. The molecule has 0 saturated heterocycles. The highest BCUT2D eigenvalue weighted by Gasteiger charge is 2.00. The van der Waals surface area contributed by atoms with Gasteiger partial charge in [0.05, 0.1) is 10.7 Å². The van der Waals surface area contributed by atoms with Gasteiger partial charge in [-0.1, -0.05) is 0 Å². The summed E-state index contributed by atoms with van der Waals surface area (Å²) in [7, 11) is 0. The van der Waals surface area contributed by atoms with Gasteiger partial charge in [-0.2, -0.15) is 0 Å². The first-order valence-corrected chi connectivity index (χ1v) is 4.99. The lowest BCUT2D eigenvalue weighted by Gasteiger charge is -2.04. The number of rotatable bonds is 2. The minimum Gasteiger partial charge on any atom is -0.396 e. The van der Waals surface area contributed by atoms with E-state index in [9.17, 15) is 4.39 Å². The molecule has 1 heterocycles.